The number of alkyl halides is 2. The zero-order valence-electron chi connectivity index (χ0n) is 16.1. The topological polar surface area (TPSA) is 66.5 Å². The van der Waals surface area contributed by atoms with Crippen LogP contribution in [0.3, 0.4) is 0 Å². The third-order valence-electron chi connectivity index (χ3n) is 6.42. The summed E-state index contributed by atoms with van der Waals surface area (Å²) < 4.78 is 0. The van der Waals surface area contributed by atoms with E-state index in [-0.39, 0.29) is 57.0 Å². The molecule has 8 heteroatoms. The van der Waals surface area contributed by atoms with Crippen LogP contribution in [0.15, 0.2) is 24.3 Å². The molecule has 0 aromatic heterocycles. The van der Waals surface area contributed by atoms with Crippen LogP contribution in [0.1, 0.15) is 26.7 Å². The first-order valence-electron chi connectivity index (χ1n) is 9.92. The summed E-state index contributed by atoms with van der Waals surface area (Å²) in [5.74, 6) is -0.959. The Hall–Kier alpha value is -0.920. The van der Waals surface area contributed by atoms with Crippen molar-refractivity contribution in [1.29, 1.82) is 0 Å². The van der Waals surface area contributed by atoms with E-state index < -0.39 is 6.04 Å². The van der Waals surface area contributed by atoms with Crippen LogP contribution in [0.25, 0.3) is 0 Å². The number of likely N-dealkylation sites (tertiary alicyclic amines) is 1. The summed E-state index contributed by atoms with van der Waals surface area (Å²) >= 11 is 13.4. The Morgan fingerprint density at radius 1 is 1.17 bits per heavy atom. The van der Waals surface area contributed by atoms with Crippen LogP contribution in [0.5, 0.6) is 0 Å². The number of benzene rings is 1. The Kier molecular flexibility index (Phi) is 5.86. The highest BCUT2D eigenvalue weighted by atomic mass is 79.9. The number of hydrogen-bond donors (Lipinski definition) is 1. The highest BCUT2D eigenvalue weighted by Gasteiger charge is 2.67. The maximum Gasteiger partial charge on any atom is 0.247 e. The zero-order valence-corrected chi connectivity index (χ0v) is 20.1. The molecule has 0 unspecified atom stereocenters. The van der Waals surface area contributed by atoms with E-state index in [0.29, 0.717) is 17.1 Å². The van der Waals surface area contributed by atoms with Crippen molar-refractivity contribution < 1.29 is 14.4 Å². The molecule has 2 aliphatic carbocycles. The minimum Gasteiger partial charge on any atom is -0.324 e. The fourth-order valence-electron chi connectivity index (χ4n) is 5.25. The molecule has 2 bridgehead atoms. The highest BCUT2D eigenvalue weighted by Crippen LogP contribution is 2.60. The van der Waals surface area contributed by atoms with Gasteiger partial charge in [0.05, 0.1) is 11.8 Å². The maximum atomic E-state index is 13.3. The fraction of sp³-hybridized carbons (Fsp3) is 0.571. The van der Waals surface area contributed by atoms with Gasteiger partial charge in [-0.05, 0) is 48.8 Å². The number of carbonyl (C=O) groups is 3. The molecular formula is C21H23Br2ClN2O3. The Bertz CT molecular complexity index is 832. The van der Waals surface area contributed by atoms with Crippen molar-refractivity contribution in [2.24, 2.45) is 29.6 Å². The predicted molar refractivity (Wildman–Crippen MR) is 119 cm³/mol. The van der Waals surface area contributed by atoms with Gasteiger partial charge in [0.2, 0.25) is 17.7 Å². The summed E-state index contributed by atoms with van der Waals surface area (Å²) in [6, 6.07) is 6.04. The summed E-state index contributed by atoms with van der Waals surface area (Å²) in [4.78, 5) is 41.4. The summed E-state index contributed by atoms with van der Waals surface area (Å²) in [6.07, 6.45) is 1.30. The minimum atomic E-state index is -0.818. The van der Waals surface area contributed by atoms with E-state index in [1.54, 1.807) is 24.3 Å². The van der Waals surface area contributed by atoms with E-state index in [9.17, 15) is 14.4 Å². The molecule has 2 saturated carbocycles. The van der Waals surface area contributed by atoms with Crippen LogP contribution in [-0.4, -0.2) is 38.3 Å². The Morgan fingerprint density at radius 3 is 2.28 bits per heavy atom. The van der Waals surface area contributed by atoms with Gasteiger partial charge in [0.25, 0.3) is 0 Å². The Balaban J connectivity index is 1.61. The molecule has 5 nitrogen and oxygen atoms in total. The number of halogens is 3. The quantitative estimate of drug-likeness (QED) is 0.438. The normalized spacial score (nSPS) is 34.1. The molecule has 156 valence electrons. The molecule has 3 fully saturated rings. The van der Waals surface area contributed by atoms with Gasteiger partial charge < -0.3 is 5.32 Å². The van der Waals surface area contributed by atoms with Gasteiger partial charge in [0, 0.05) is 20.4 Å². The third-order valence-corrected chi connectivity index (χ3v) is 9.86. The van der Waals surface area contributed by atoms with E-state index in [0.717, 1.165) is 6.42 Å². The molecule has 1 aromatic rings. The van der Waals surface area contributed by atoms with Gasteiger partial charge in [-0.1, -0.05) is 63.4 Å². The molecule has 3 aliphatic rings. The van der Waals surface area contributed by atoms with Crippen LogP contribution in [-0.2, 0) is 14.4 Å². The van der Waals surface area contributed by atoms with Crippen molar-refractivity contribution in [3.8, 4) is 0 Å². The van der Waals surface area contributed by atoms with Crippen molar-refractivity contribution >= 4 is 66.9 Å². The third kappa shape index (κ3) is 3.57. The van der Waals surface area contributed by atoms with Gasteiger partial charge in [0.15, 0.2) is 0 Å². The lowest BCUT2D eigenvalue weighted by atomic mass is 9.81. The molecule has 0 spiro atoms. The van der Waals surface area contributed by atoms with Gasteiger partial charge in [-0.15, -0.1) is 0 Å². The van der Waals surface area contributed by atoms with Crippen LogP contribution < -0.4 is 5.32 Å². The van der Waals surface area contributed by atoms with Crippen LogP contribution in [0, 0.1) is 29.6 Å². The number of nitrogens with one attached hydrogen (secondary N) is 1. The second-order valence-corrected chi connectivity index (χ2v) is 11.2. The lowest BCUT2D eigenvalue weighted by Crippen LogP contribution is -2.49. The number of amides is 3. The molecule has 1 aromatic carbocycles. The van der Waals surface area contributed by atoms with E-state index in [1.807, 2.05) is 13.8 Å². The van der Waals surface area contributed by atoms with E-state index in [2.05, 4.69) is 37.2 Å². The van der Waals surface area contributed by atoms with Crippen LogP contribution in [0.4, 0.5) is 5.69 Å². The molecule has 0 radical (unpaired) electrons. The van der Waals surface area contributed by atoms with Crippen molar-refractivity contribution in [3.05, 3.63) is 29.3 Å². The standard InChI is InChI=1S/C21H23Br2ClN2O3/c1-9(2)6-14(19(27)25-11-5-3-4-10(24)7-11)26-20(28)15-12-8-13(16(15)21(26)29)18(23)17(12)22/h3-5,7,9,12-18H,6,8H2,1-2H3,(H,25,27)/t12-,13-,14-,15-,16+,17-,18+/m1/s1. The summed E-state index contributed by atoms with van der Waals surface area (Å²) in [7, 11) is 0. The second-order valence-electron chi connectivity index (χ2n) is 8.70. The number of fused-ring (bicyclic) bond motifs is 5. The lowest BCUT2D eigenvalue weighted by molar-refractivity contribution is -0.147. The average Bonchev–Trinajstić information content (AvgIpc) is 3.25. The molecule has 1 heterocycles. The first-order chi connectivity index (χ1) is 13.7. The fourth-order valence-corrected chi connectivity index (χ4v) is 7.31. The Morgan fingerprint density at radius 2 is 1.76 bits per heavy atom. The number of imide groups is 1. The van der Waals surface area contributed by atoms with Crippen molar-refractivity contribution in [1.82, 2.24) is 4.90 Å². The molecular weight excluding hydrogens is 524 g/mol. The van der Waals surface area contributed by atoms with Crippen LogP contribution >= 0.6 is 43.5 Å². The number of carbonyl (C=O) groups excluding carboxylic acids is 3. The first kappa shape index (κ1) is 21.3. The molecule has 7 atom stereocenters. The minimum absolute atomic E-state index is 0.131. The van der Waals surface area contributed by atoms with Gasteiger partial charge >= 0.3 is 0 Å². The van der Waals surface area contributed by atoms with Gasteiger partial charge in [-0.25, -0.2) is 0 Å². The Labute approximate surface area is 192 Å². The monoisotopic (exact) mass is 544 g/mol. The average molecular weight is 547 g/mol. The summed E-state index contributed by atoms with van der Waals surface area (Å²) in [5, 5.41) is 3.35. The number of rotatable bonds is 5. The molecule has 1 N–H and O–H groups in total. The summed E-state index contributed by atoms with van der Waals surface area (Å²) in [5.41, 5.74) is 0.552. The SMILES string of the molecule is CC(C)C[C@H](C(=O)Nc1cccc(Cl)c1)N1C(=O)[C@@H]2[C@H]3C[C@@H]([C@H](Br)[C@@H]3Br)[C@@H]2C1=O. The van der Waals surface area contributed by atoms with Crippen LogP contribution in [0.2, 0.25) is 5.02 Å². The van der Waals surface area contributed by atoms with Gasteiger partial charge in [-0.2, -0.15) is 0 Å². The zero-order chi connectivity index (χ0) is 21.0. The second kappa shape index (κ2) is 7.97. The number of hydrogen-bond acceptors (Lipinski definition) is 3. The van der Waals surface area contributed by atoms with Gasteiger partial charge in [0.1, 0.15) is 6.04 Å². The van der Waals surface area contributed by atoms with E-state index in [4.69, 9.17) is 11.6 Å². The van der Waals surface area contributed by atoms with E-state index in [1.165, 1.54) is 4.90 Å². The van der Waals surface area contributed by atoms with E-state index >= 15 is 0 Å². The van der Waals surface area contributed by atoms with Crippen molar-refractivity contribution in [2.75, 3.05) is 5.32 Å². The molecule has 4 rings (SSSR count). The number of nitrogens with zero attached hydrogens (tertiary/aromatic N) is 1. The molecule has 29 heavy (non-hydrogen) atoms. The van der Waals surface area contributed by atoms with Gasteiger partial charge in [-0.3, -0.25) is 19.3 Å². The number of anilines is 1. The highest BCUT2D eigenvalue weighted by molar-refractivity contribution is 9.12. The molecule has 1 saturated heterocycles. The smallest absolute Gasteiger partial charge is 0.247 e. The van der Waals surface area contributed by atoms with Crippen molar-refractivity contribution in [2.45, 2.75) is 42.4 Å². The predicted octanol–water partition coefficient (Wildman–Crippen LogP) is 4.47. The maximum absolute atomic E-state index is 13.3. The molecule has 1 aliphatic heterocycles. The molecule has 3 amide bonds. The van der Waals surface area contributed by atoms with Crippen molar-refractivity contribution in [3.63, 3.8) is 0 Å². The first-order valence-corrected chi connectivity index (χ1v) is 12.1. The lowest BCUT2D eigenvalue weighted by Gasteiger charge is -2.28. The largest absolute Gasteiger partial charge is 0.324 e. The summed E-state index contributed by atoms with van der Waals surface area (Å²) in [6.45, 7) is 3.97.